The second-order valence-electron chi connectivity index (χ2n) is 6.65. The van der Waals surface area contributed by atoms with Gasteiger partial charge >= 0.3 is 17.8 Å². The molecule has 1 aromatic carbocycles. The first-order valence-corrected chi connectivity index (χ1v) is 9.51. The molecule has 3 aromatic rings. The van der Waals surface area contributed by atoms with Crippen LogP contribution in [0.3, 0.4) is 0 Å². The molecule has 0 aliphatic rings. The molecule has 0 bridgehead atoms. The lowest BCUT2D eigenvalue weighted by Gasteiger charge is -2.13. The Kier molecular flexibility index (Phi) is 5.54. The zero-order chi connectivity index (χ0) is 22.4. The molecule has 2 aromatic heterocycles. The van der Waals surface area contributed by atoms with Crippen molar-refractivity contribution >= 4 is 28.9 Å². The zero-order valence-electron chi connectivity index (χ0n) is 16.1. The second-order valence-corrected chi connectivity index (χ2v) is 7.96. The number of rotatable bonds is 5. The third kappa shape index (κ3) is 3.86. The molecule has 0 spiro atoms. The van der Waals surface area contributed by atoms with Crippen LogP contribution in [0.4, 0.5) is 13.2 Å². The SMILES string of the molecule is CC(Sc1nc2c(c(=O)n(C)c(=O)n2C)n1Cc1cccc(C(F)(F)F)c1)C(=O)O. The number of hydrogen-bond donors (Lipinski definition) is 1. The molecule has 0 fully saturated rings. The lowest BCUT2D eigenvalue weighted by atomic mass is 10.1. The number of halogens is 3. The summed E-state index contributed by atoms with van der Waals surface area (Å²) in [5, 5.41) is 8.38. The van der Waals surface area contributed by atoms with Crippen LogP contribution in [-0.2, 0) is 31.6 Å². The largest absolute Gasteiger partial charge is 0.480 e. The van der Waals surface area contributed by atoms with Crippen molar-refractivity contribution in [2.45, 2.75) is 30.1 Å². The highest BCUT2D eigenvalue weighted by molar-refractivity contribution is 8.00. The fourth-order valence-electron chi connectivity index (χ4n) is 2.90. The molecule has 0 aliphatic carbocycles. The number of fused-ring (bicyclic) bond motifs is 1. The Bertz CT molecular complexity index is 1260. The fraction of sp³-hybridized carbons (Fsp3) is 0.333. The number of imidazole rings is 1. The molecule has 1 atom stereocenters. The number of aryl methyl sites for hydroxylation is 1. The fourth-order valence-corrected chi connectivity index (χ4v) is 3.74. The predicted molar refractivity (Wildman–Crippen MR) is 104 cm³/mol. The molecule has 2 heterocycles. The van der Waals surface area contributed by atoms with Gasteiger partial charge in [0.25, 0.3) is 5.56 Å². The summed E-state index contributed by atoms with van der Waals surface area (Å²) < 4.78 is 42.6. The monoisotopic (exact) mass is 442 g/mol. The van der Waals surface area contributed by atoms with Gasteiger partial charge in [0, 0.05) is 14.1 Å². The first-order valence-electron chi connectivity index (χ1n) is 8.63. The molecular formula is C18H17F3N4O4S. The molecule has 30 heavy (non-hydrogen) atoms. The van der Waals surface area contributed by atoms with Gasteiger partial charge in [-0.2, -0.15) is 13.2 Å². The van der Waals surface area contributed by atoms with Crippen molar-refractivity contribution in [3.05, 3.63) is 56.2 Å². The quantitative estimate of drug-likeness (QED) is 0.608. The van der Waals surface area contributed by atoms with E-state index in [2.05, 4.69) is 4.98 Å². The van der Waals surface area contributed by atoms with Crippen LogP contribution >= 0.6 is 11.8 Å². The van der Waals surface area contributed by atoms with E-state index in [4.69, 9.17) is 0 Å². The highest BCUT2D eigenvalue weighted by atomic mass is 32.2. The summed E-state index contributed by atoms with van der Waals surface area (Å²) >= 11 is 0.829. The number of hydrogen-bond acceptors (Lipinski definition) is 5. The van der Waals surface area contributed by atoms with Gasteiger partial charge in [-0.1, -0.05) is 23.9 Å². The average molecular weight is 442 g/mol. The first kappa shape index (κ1) is 21.7. The second kappa shape index (κ2) is 7.67. The van der Waals surface area contributed by atoms with Gasteiger partial charge in [0.05, 0.1) is 12.1 Å². The average Bonchev–Trinajstić information content (AvgIpc) is 3.02. The van der Waals surface area contributed by atoms with Crippen molar-refractivity contribution < 1.29 is 23.1 Å². The Morgan fingerprint density at radius 1 is 1.23 bits per heavy atom. The van der Waals surface area contributed by atoms with Crippen molar-refractivity contribution in [3.8, 4) is 0 Å². The van der Waals surface area contributed by atoms with Crippen molar-refractivity contribution in [1.29, 1.82) is 0 Å². The normalized spacial score (nSPS) is 13.0. The van der Waals surface area contributed by atoms with Gasteiger partial charge < -0.3 is 9.67 Å². The molecule has 160 valence electrons. The van der Waals surface area contributed by atoms with Crippen LogP contribution in [0, 0.1) is 0 Å². The highest BCUT2D eigenvalue weighted by Crippen LogP contribution is 2.31. The van der Waals surface area contributed by atoms with Gasteiger partial charge in [-0.15, -0.1) is 0 Å². The van der Waals surface area contributed by atoms with E-state index >= 15 is 0 Å². The molecule has 3 rings (SSSR count). The molecule has 0 radical (unpaired) electrons. The number of benzene rings is 1. The number of thioether (sulfide) groups is 1. The Hall–Kier alpha value is -3.02. The van der Waals surface area contributed by atoms with Crippen molar-refractivity contribution in [2.24, 2.45) is 14.1 Å². The minimum absolute atomic E-state index is 0.00268. The van der Waals surface area contributed by atoms with E-state index in [1.807, 2.05) is 0 Å². The number of aromatic nitrogens is 4. The topological polar surface area (TPSA) is 99.1 Å². The Morgan fingerprint density at radius 3 is 2.50 bits per heavy atom. The smallest absolute Gasteiger partial charge is 0.416 e. The van der Waals surface area contributed by atoms with E-state index < -0.39 is 34.2 Å². The number of aliphatic carboxylic acids is 1. The van der Waals surface area contributed by atoms with Crippen molar-refractivity contribution in [1.82, 2.24) is 18.7 Å². The van der Waals surface area contributed by atoms with Crippen LogP contribution in [0.1, 0.15) is 18.1 Å². The van der Waals surface area contributed by atoms with Gasteiger partial charge in [-0.05, 0) is 24.6 Å². The Labute approximate surface area is 171 Å². The van der Waals surface area contributed by atoms with Crippen molar-refractivity contribution in [2.75, 3.05) is 0 Å². The molecule has 0 saturated heterocycles. The lowest BCUT2D eigenvalue weighted by Crippen LogP contribution is -2.37. The number of carboxylic acids is 1. The van der Waals surface area contributed by atoms with Gasteiger partial charge in [0.2, 0.25) is 0 Å². The summed E-state index contributed by atoms with van der Waals surface area (Å²) in [6.07, 6.45) is -4.54. The third-order valence-electron chi connectivity index (χ3n) is 4.54. The molecule has 0 saturated carbocycles. The summed E-state index contributed by atoms with van der Waals surface area (Å²) in [6, 6.07) is 4.59. The number of carbonyl (C=O) groups is 1. The molecule has 1 N–H and O–H groups in total. The highest BCUT2D eigenvalue weighted by Gasteiger charge is 2.30. The molecule has 0 aliphatic heterocycles. The first-order chi connectivity index (χ1) is 13.9. The van der Waals surface area contributed by atoms with Crippen LogP contribution in [0.15, 0.2) is 39.0 Å². The van der Waals surface area contributed by atoms with Crippen LogP contribution < -0.4 is 11.2 Å². The van der Waals surface area contributed by atoms with Crippen LogP contribution in [-0.4, -0.2) is 35.0 Å². The van der Waals surface area contributed by atoms with Crippen LogP contribution in [0.2, 0.25) is 0 Å². The molecular weight excluding hydrogens is 425 g/mol. The molecule has 0 amide bonds. The van der Waals surface area contributed by atoms with E-state index in [1.165, 1.54) is 37.7 Å². The number of carboxylic acid groups (broad SMARTS) is 1. The van der Waals surface area contributed by atoms with Gasteiger partial charge in [-0.3, -0.25) is 18.7 Å². The number of alkyl halides is 3. The maximum atomic E-state index is 13.1. The van der Waals surface area contributed by atoms with E-state index in [-0.39, 0.29) is 28.4 Å². The maximum absolute atomic E-state index is 13.1. The van der Waals surface area contributed by atoms with Gasteiger partial charge in [-0.25, -0.2) is 9.78 Å². The maximum Gasteiger partial charge on any atom is 0.416 e. The molecule has 12 heteroatoms. The Balaban J connectivity index is 2.24. The van der Waals surface area contributed by atoms with E-state index in [9.17, 15) is 32.7 Å². The minimum atomic E-state index is -4.54. The lowest BCUT2D eigenvalue weighted by molar-refractivity contribution is -0.138. The van der Waals surface area contributed by atoms with Gasteiger partial charge in [0.15, 0.2) is 16.3 Å². The third-order valence-corrected chi connectivity index (χ3v) is 5.62. The predicted octanol–water partition coefficient (Wildman–Crippen LogP) is 2.07. The minimum Gasteiger partial charge on any atom is -0.480 e. The summed E-state index contributed by atoms with van der Waals surface area (Å²) in [5.41, 5.74) is -1.89. The van der Waals surface area contributed by atoms with Crippen LogP contribution in [0.5, 0.6) is 0 Å². The van der Waals surface area contributed by atoms with E-state index in [0.29, 0.717) is 0 Å². The number of nitrogens with zero attached hydrogens (tertiary/aromatic N) is 4. The summed E-state index contributed by atoms with van der Waals surface area (Å²) in [7, 11) is 2.68. The molecule has 1 unspecified atom stereocenters. The van der Waals surface area contributed by atoms with Crippen molar-refractivity contribution in [3.63, 3.8) is 0 Å². The van der Waals surface area contributed by atoms with Gasteiger partial charge in [0.1, 0.15) is 5.25 Å². The standard InChI is InChI=1S/C18H17F3N4O4S/c1-9(15(27)28)30-16-22-13-12(14(26)24(3)17(29)23(13)2)25(16)8-10-5-4-6-11(7-10)18(19,20)21/h4-7,9H,8H2,1-3H3,(H,27,28). The summed E-state index contributed by atoms with van der Waals surface area (Å²) in [6.45, 7) is 1.25. The van der Waals surface area contributed by atoms with Crippen LogP contribution in [0.25, 0.3) is 11.2 Å². The van der Waals surface area contributed by atoms with E-state index in [1.54, 1.807) is 0 Å². The summed E-state index contributed by atoms with van der Waals surface area (Å²) in [5.74, 6) is -1.13. The molecule has 8 nitrogen and oxygen atoms in total. The van der Waals surface area contributed by atoms with E-state index in [0.717, 1.165) is 33.0 Å². The summed E-state index contributed by atoms with van der Waals surface area (Å²) in [4.78, 5) is 40.5. The zero-order valence-corrected chi connectivity index (χ0v) is 16.9. The Morgan fingerprint density at radius 2 is 1.90 bits per heavy atom.